The highest BCUT2D eigenvalue weighted by Gasteiger charge is 2.45. The van der Waals surface area contributed by atoms with Crippen LogP contribution in [-0.4, -0.2) is 46.5 Å². The molecule has 7 heteroatoms. The average molecular weight is 486 g/mol. The monoisotopic (exact) mass is 485 g/mol. The molecule has 0 aliphatic heterocycles. The number of hydrogen-bond acceptors (Lipinski definition) is 4. The molecule has 0 spiro atoms. The molecule has 1 aromatic rings. The standard InChI is InChI=1S/C28H43N3O4/c1-18(2)23(30-27(34)35-28(4,5)6)26(33)31(22-16-17-22)24(20-14-12-19(3)13-15-20)25(32)29-21-10-8-7-9-11-21/h12-15,18,21-24H,7-11,16-17H2,1-6H3,(H,29,32)(H,30,34). The van der Waals surface area contributed by atoms with Gasteiger partial charge in [-0.25, -0.2) is 4.79 Å². The SMILES string of the molecule is Cc1ccc(C(C(=O)NC2CCCCC2)N(C(=O)C(NC(=O)OC(C)(C)C)C(C)C)C2CC2)cc1. The molecule has 2 fully saturated rings. The van der Waals surface area contributed by atoms with E-state index >= 15 is 0 Å². The Kier molecular flexibility index (Phi) is 8.84. The highest BCUT2D eigenvalue weighted by Crippen LogP contribution is 2.36. The summed E-state index contributed by atoms with van der Waals surface area (Å²) >= 11 is 0. The predicted molar refractivity (Wildman–Crippen MR) is 137 cm³/mol. The molecule has 3 rings (SSSR count). The number of aryl methyl sites for hydroxylation is 1. The molecule has 35 heavy (non-hydrogen) atoms. The van der Waals surface area contributed by atoms with E-state index < -0.39 is 23.8 Å². The molecule has 2 N–H and O–H groups in total. The summed E-state index contributed by atoms with van der Waals surface area (Å²) in [5, 5.41) is 6.03. The molecule has 0 radical (unpaired) electrons. The molecule has 2 saturated carbocycles. The maximum atomic E-state index is 14.0. The van der Waals surface area contributed by atoms with Gasteiger partial charge in [-0.1, -0.05) is 62.9 Å². The van der Waals surface area contributed by atoms with Gasteiger partial charge in [0.25, 0.3) is 0 Å². The van der Waals surface area contributed by atoms with E-state index in [1.54, 1.807) is 25.7 Å². The van der Waals surface area contributed by atoms with E-state index in [1.165, 1.54) is 6.42 Å². The highest BCUT2D eigenvalue weighted by atomic mass is 16.6. The highest BCUT2D eigenvalue weighted by molar-refractivity contribution is 5.92. The lowest BCUT2D eigenvalue weighted by molar-refractivity contribution is -0.144. The number of carbonyl (C=O) groups excluding carboxylic acids is 3. The van der Waals surface area contributed by atoms with Gasteiger partial charge in [0, 0.05) is 12.1 Å². The molecule has 7 nitrogen and oxygen atoms in total. The van der Waals surface area contributed by atoms with Crippen LogP contribution in [0.1, 0.15) is 96.7 Å². The quantitative estimate of drug-likeness (QED) is 0.541. The fourth-order valence-corrected chi connectivity index (χ4v) is 4.69. The Morgan fingerprint density at radius 3 is 2.09 bits per heavy atom. The third kappa shape index (κ3) is 7.71. The van der Waals surface area contributed by atoms with E-state index in [4.69, 9.17) is 4.74 Å². The lowest BCUT2D eigenvalue weighted by Crippen LogP contribution is -2.56. The van der Waals surface area contributed by atoms with E-state index in [0.717, 1.165) is 49.7 Å². The Morgan fingerprint density at radius 2 is 1.57 bits per heavy atom. The van der Waals surface area contributed by atoms with Gasteiger partial charge in [0.15, 0.2) is 0 Å². The smallest absolute Gasteiger partial charge is 0.408 e. The molecule has 1 aromatic carbocycles. The largest absolute Gasteiger partial charge is 0.444 e. The average Bonchev–Trinajstić information content (AvgIpc) is 3.60. The summed E-state index contributed by atoms with van der Waals surface area (Å²) in [5.41, 5.74) is 1.22. The van der Waals surface area contributed by atoms with Gasteiger partial charge in [-0.2, -0.15) is 0 Å². The third-order valence-electron chi connectivity index (χ3n) is 6.67. The van der Waals surface area contributed by atoms with Gasteiger partial charge in [-0.3, -0.25) is 9.59 Å². The Labute approximate surface area is 210 Å². The van der Waals surface area contributed by atoms with Crippen LogP contribution in [-0.2, 0) is 14.3 Å². The van der Waals surface area contributed by atoms with E-state index in [0.29, 0.717) is 0 Å². The minimum Gasteiger partial charge on any atom is -0.444 e. The van der Waals surface area contributed by atoms with E-state index in [-0.39, 0.29) is 29.8 Å². The van der Waals surface area contributed by atoms with Crippen molar-refractivity contribution in [2.24, 2.45) is 5.92 Å². The molecule has 2 unspecified atom stereocenters. The maximum absolute atomic E-state index is 14.0. The van der Waals surface area contributed by atoms with Crippen LogP contribution in [0.4, 0.5) is 4.79 Å². The molecule has 2 atom stereocenters. The van der Waals surface area contributed by atoms with Crippen LogP contribution in [0.3, 0.4) is 0 Å². The van der Waals surface area contributed by atoms with E-state index in [9.17, 15) is 14.4 Å². The number of hydrogen-bond donors (Lipinski definition) is 2. The van der Waals surface area contributed by atoms with Gasteiger partial charge < -0.3 is 20.3 Å². The molecule has 0 heterocycles. The van der Waals surface area contributed by atoms with Crippen molar-refractivity contribution in [3.05, 3.63) is 35.4 Å². The van der Waals surface area contributed by atoms with Crippen molar-refractivity contribution in [2.75, 3.05) is 0 Å². The van der Waals surface area contributed by atoms with Crippen LogP contribution in [0.2, 0.25) is 0 Å². The van der Waals surface area contributed by atoms with Crippen LogP contribution >= 0.6 is 0 Å². The summed E-state index contributed by atoms with van der Waals surface area (Å²) in [5.74, 6) is -0.546. The zero-order valence-electron chi connectivity index (χ0n) is 22.2. The number of nitrogens with zero attached hydrogens (tertiary/aromatic N) is 1. The van der Waals surface area contributed by atoms with Gasteiger partial charge in [0.2, 0.25) is 11.8 Å². The Bertz CT molecular complexity index is 880. The fourth-order valence-electron chi connectivity index (χ4n) is 4.69. The molecule has 0 aromatic heterocycles. The Morgan fingerprint density at radius 1 is 0.971 bits per heavy atom. The van der Waals surface area contributed by atoms with Gasteiger partial charge >= 0.3 is 6.09 Å². The predicted octanol–water partition coefficient (Wildman–Crippen LogP) is 5.03. The van der Waals surface area contributed by atoms with Crippen LogP contribution in [0.15, 0.2) is 24.3 Å². The van der Waals surface area contributed by atoms with E-state index in [2.05, 4.69) is 10.6 Å². The zero-order chi connectivity index (χ0) is 25.8. The molecule has 2 aliphatic rings. The van der Waals surface area contributed by atoms with Crippen LogP contribution in [0.5, 0.6) is 0 Å². The summed E-state index contributed by atoms with van der Waals surface area (Å²) in [7, 11) is 0. The molecule has 2 aliphatic carbocycles. The third-order valence-corrected chi connectivity index (χ3v) is 6.67. The van der Waals surface area contributed by atoms with Crippen molar-refractivity contribution in [1.82, 2.24) is 15.5 Å². The summed E-state index contributed by atoms with van der Waals surface area (Å²) in [6.45, 7) is 11.2. The zero-order valence-corrected chi connectivity index (χ0v) is 22.2. The fraction of sp³-hybridized carbons (Fsp3) is 0.679. The minimum absolute atomic E-state index is 0.0207. The number of ether oxygens (including phenoxy) is 1. The Balaban J connectivity index is 1.91. The molecule has 0 bridgehead atoms. The first-order valence-corrected chi connectivity index (χ1v) is 13.1. The first kappa shape index (κ1) is 27.0. The summed E-state index contributed by atoms with van der Waals surface area (Å²) in [4.78, 5) is 42.1. The van der Waals surface area contributed by atoms with Gasteiger partial charge in [0.1, 0.15) is 17.7 Å². The summed E-state index contributed by atoms with van der Waals surface area (Å²) in [6.07, 6.45) is 6.44. The maximum Gasteiger partial charge on any atom is 0.408 e. The van der Waals surface area contributed by atoms with Crippen molar-refractivity contribution in [2.45, 2.75) is 116 Å². The van der Waals surface area contributed by atoms with Crippen molar-refractivity contribution in [1.29, 1.82) is 0 Å². The molecule has 3 amide bonds. The van der Waals surface area contributed by atoms with Gasteiger partial charge in [-0.05, 0) is 64.9 Å². The first-order chi connectivity index (χ1) is 16.5. The van der Waals surface area contributed by atoms with Crippen molar-refractivity contribution in [3.63, 3.8) is 0 Å². The van der Waals surface area contributed by atoms with Gasteiger partial charge in [-0.15, -0.1) is 0 Å². The number of amides is 3. The number of benzene rings is 1. The van der Waals surface area contributed by atoms with Crippen LogP contribution in [0.25, 0.3) is 0 Å². The molecular formula is C28H43N3O4. The summed E-state index contributed by atoms with van der Waals surface area (Å²) in [6, 6.07) is 6.42. The lowest BCUT2D eigenvalue weighted by atomic mass is 9.94. The van der Waals surface area contributed by atoms with Crippen molar-refractivity contribution < 1.29 is 19.1 Å². The molecular weight excluding hydrogens is 442 g/mol. The second kappa shape index (κ2) is 11.4. The first-order valence-electron chi connectivity index (χ1n) is 13.1. The van der Waals surface area contributed by atoms with E-state index in [1.807, 2.05) is 45.0 Å². The number of nitrogens with one attached hydrogen (secondary N) is 2. The Hall–Kier alpha value is -2.57. The minimum atomic E-state index is -0.791. The van der Waals surface area contributed by atoms with Gasteiger partial charge in [0.05, 0.1) is 0 Å². The molecule has 0 saturated heterocycles. The number of rotatable bonds is 8. The van der Waals surface area contributed by atoms with Crippen molar-refractivity contribution in [3.8, 4) is 0 Å². The van der Waals surface area contributed by atoms with Crippen LogP contribution < -0.4 is 10.6 Å². The second-order valence-electron chi connectivity index (χ2n) is 11.5. The summed E-state index contributed by atoms with van der Waals surface area (Å²) < 4.78 is 5.43. The lowest BCUT2D eigenvalue weighted by Gasteiger charge is -2.36. The number of alkyl carbamates (subject to hydrolysis) is 1. The van der Waals surface area contributed by atoms with Crippen molar-refractivity contribution >= 4 is 17.9 Å². The van der Waals surface area contributed by atoms with Crippen LogP contribution in [0, 0.1) is 12.8 Å². The second-order valence-corrected chi connectivity index (χ2v) is 11.5. The topological polar surface area (TPSA) is 87.7 Å². The normalized spacial score (nSPS) is 18.5. The number of carbonyl (C=O) groups is 3. The molecule has 194 valence electrons.